The van der Waals surface area contributed by atoms with Crippen LogP contribution in [0.3, 0.4) is 0 Å². The Balaban J connectivity index is 1.45. The third-order valence-corrected chi connectivity index (χ3v) is 5.02. The number of benzene rings is 1. The van der Waals surface area contributed by atoms with Crippen molar-refractivity contribution in [2.75, 3.05) is 19.7 Å². The monoisotopic (exact) mass is 330 g/mol. The zero-order valence-corrected chi connectivity index (χ0v) is 14.3. The first-order valence-electron chi connectivity index (χ1n) is 8.88. The lowest BCUT2D eigenvalue weighted by molar-refractivity contribution is -0.132. The molecule has 0 saturated carbocycles. The van der Waals surface area contributed by atoms with E-state index in [0.29, 0.717) is 26.1 Å². The van der Waals surface area contributed by atoms with Gasteiger partial charge in [-0.2, -0.15) is 0 Å². The molecule has 0 aromatic heterocycles. The van der Waals surface area contributed by atoms with Gasteiger partial charge in [-0.15, -0.1) is 0 Å². The Morgan fingerprint density at radius 2 is 1.96 bits per heavy atom. The molecule has 5 nitrogen and oxygen atoms in total. The lowest BCUT2D eigenvalue weighted by Crippen LogP contribution is -2.49. The van der Waals surface area contributed by atoms with Crippen LogP contribution in [-0.4, -0.2) is 48.6 Å². The van der Waals surface area contributed by atoms with E-state index in [1.54, 1.807) is 0 Å². The summed E-state index contributed by atoms with van der Waals surface area (Å²) in [6, 6.07) is 8.18. The summed E-state index contributed by atoms with van der Waals surface area (Å²) in [5, 5.41) is 3.08. The van der Waals surface area contributed by atoms with Crippen molar-refractivity contribution in [3.63, 3.8) is 0 Å². The highest BCUT2D eigenvalue weighted by Crippen LogP contribution is 2.16. The van der Waals surface area contributed by atoms with Crippen LogP contribution in [-0.2, 0) is 20.7 Å². The van der Waals surface area contributed by atoms with Crippen molar-refractivity contribution < 1.29 is 14.3 Å². The molecule has 3 rings (SSSR count). The maximum Gasteiger partial charge on any atom is 0.249 e. The zero-order chi connectivity index (χ0) is 16.9. The van der Waals surface area contributed by atoms with Crippen LogP contribution in [0.4, 0.5) is 0 Å². The second-order valence-corrected chi connectivity index (χ2v) is 6.77. The molecule has 1 aromatic carbocycles. The fourth-order valence-corrected chi connectivity index (χ4v) is 3.43. The van der Waals surface area contributed by atoms with E-state index in [-0.39, 0.29) is 24.0 Å². The maximum absolute atomic E-state index is 12.5. The molecule has 2 fully saturated rings. The predicted octanol–water partition coefficient (Wildman–Crippen LogP) is 1.82. The van der Waals surface area contributed by atoms with Crippen LogP contribution in [0.15, 0.2) is 24.3 Å². The number of hydrogen-bond acceptors (Lipinski definition) is 3. The van der Waals surface area contributed by atoms with Gasteiger partial charge in [0.15, 0.2) is 0 Å². The summed E-state index contributed by atoms with van der Waals surface area (Å²) in [5.41, 5.74) is 2.25. The number of aryl methyl sites for hydroxylation is 1. The number of ether oxygens (including phenoxy) is 1. The van der Waals surface area contributed by atoms with Crippen molar-refractivity contribution in [3.8, 4) is 0 Å². The molecule has 5 heteroatoms. The summed E-state index contributed by atoms with van der Waals surface area (Å²) in [5.74, 6) is 0.186. The van der Waals surface area contributed by atoms with E-state index >= 15 is 0 Å². The fourth-order valence-electron chi connectivity index (χ4n) is 3.43. The Bertz CT molecular complexity index is 588. The van der Waals surface area contributed by atoms with Crippen molar-refractivity contribution in [1.29, 1.82) is 0 Å². The number of nitrogens with zero attached hydrogens (tertiary/aromatic N) is 1. The first kappa shape index (κ1) is 17.0. The Morgan fingerprint density at radius 1 is 1.21 bits per heavy atom. The van der Waals surface area contributed by atoms with Crippen molar-refractivity contribution in [1.82, 2.24) is 10.2 Å². The highest BCUT2D eigenvalue weighted by molar-refractivity contribution is 5.81. The van der Waals surface area contributed by atoms with Crippen LogP contribution < -0.4 is 5.32 Å². The van der Waals surface area contributed by atoms with Gasteiger partial charge < -0.3 is 15.0 Å². The summed E-state index contributed by atoms with van der Waals surface area (Å²) < 4.78 is 5.42. The van der Waals surface area contributed by atoms with Crippen LogP contribution in [0.2, 0.25) is 0 Å². The fraction of sp³-hybridized carbons (Fsp3) is 0.579. The molecule has 1 N–H and O–H groups in total. The van der Waals surface area contributed by atoms with Crippen LogP contribution in [0, 0.1) is 6.92 Å². The molecule has 2 amide bonds. The Morgan fingerprint density at radius 3 is 2.62 bits per heavy atom. The number of hydrogen-bond donors (Lipinski definition) is 1. The minimum atomic E-state index is -0.272. The average Bonchev–Trinajstić information content (AvgIpc) is 3.12. The molecule has 0 spiro atoms. The van der Waals surface area contributed by atoms with Crippen LogP contribution >= 0.6 is 0 Å². The Hall–Kier alpha value is -1.88. The van der Waals surface area contributed by atoms with E-state index in [9.17, 15) is 9.59 Å². The van der Waals surface area contributed by atoms with Crippen LogP contribution in [0.5, 0.6) is 0 Å². The molecule has 24 heavy (non-hydrogen) atoms. The number of nitrogens with one attached hydrogen (secondary N) is 1. The number of likely N-dealkylation sites (tertiary alicyclic amines) is 1. The van der Waals surface area contributed by atoms with Gasteiger partial charge in [0, 0.05) is 25.7 Å². The molecule has 1 aromatic rings. The molecule has 0 radical (unpaired) electrons. The lowest BCUT2D eigenvalue weighted by Gasteiger charge is -2.33. The molecule has 1 atom stereocenters. The van der Waals surface area contributed by atoms with E-state index in [4.69, 9.17) is 4.74 Å². The van der Waals surface area contributed by atoms with Gasteiger partial charge in [0.05, 0.1) is 6.42 Å². The third-order valence-electron chi connectivity index (χ3n) is 5.02. The van der Waals surface area contributed by atoms with Gasteiger partial charge >= 0.3 is 0 Å². The highest BCUT2D eigenvalue weighted by Gasteiger charge is 2.28. The highest BCUT2D eigenvalue weighted by atomic mass is 16.5. The number of rotatable bonds is 4. The maximum atomic E-state index is 12.5. The number of piperidine rings is 1. The largest absolute Gasteiger partial charge is 0.368 e. The number of carbonyl (C=O) groups excluding carboxylic acids is 2. The van der Waals surface area contributed by atoms with Crippen molar-refractivity contribution >= 4 is 11.8 Å². The lowest BCUT2D eigenvalue weighted by atomic mass is 10.0. The van der Waals surface area contributed by atoms with Crippen LogP contribution in [0.1, 0.15) is 36.8 Å². The van der Waals surface area contributed by atoms with E-state index in [0.717, 1.165) is 36.8 Å². The molecule has 0 bridgehead atoms. The molecule has 2 heterocycles. The molecular weight excluding hydrogens is 304 g/mol. The van der Waals surface area contributed by atoms with Gasteiger partial charge in [-0.3, -0.25) is 9.59 Å². The van der Waals surface area contributed by atoms with Gasteiger partial charge in [0.2, 0.25) is 11.8 Å². The third kappa shape index (κ3) is 4.15. The summed E-state index contributed by atoms with van der Waals surface area (Å²) in [6.07, 6.45) is 3.60. The summed E-state index contributed by atoms with van der Waals surface area (Å²) >= 11 is 0. The van der Waals surface area contributed by atoms with E-state index in [1.807, 2.05) is 36.1 Å². The van der Waals surface area contributed by atoms with Gasteiger partial charge in [-0.05, 0) is 43.7 Å². The van der Waals surface area contributed by atoms with Gasteiger partial charge in [-0.25, -0.2) is 0 Å². The molecule has 2 saturated heterocycles. The molecular formula is C19H26N2O3. The van der Waals surface area contributed by atoms with Gasteiger partial charge in [-0.1, -0.05) is 24.3 Å². The van der Waals surface area contributed by atoms with Crippen molar-refractivity contribution in [2.45, 2.75) is 51.2 Å². The minimum absolute atomic E-state index is 0.0113. The van der Waals surface area contributed by atoms with E-state index < -0.39 is 0 Å². The quantitative estimate of drug-likeness (QED) is 0.916. The van der Waals surface area contributed by atoms with E-state index in [1.165, 1.54) is 0 Å². The topological polar surface area (TPSA) is 58.6 Å². The van der Waals surface area contributed by atoms with Crippen molar-refractivity contribution in [3.05, 3.63) is 35.4 Å². The molecule has 2 aliphatic rings. The van der Waals surface area contributed by atoms with Crippen molar-refractivity contribution in [2.24, 2.45) is 0 Å². The van der Waals surface area contributed by atoms with Crippen LogP contribution in [0.25, 0.3) is 0 Å². The second-order valence-electron chi connectivity index (χ2n) is 6.77. The standard InChI is InChI=1S/C19H26N2O3/c1-14-5-2-3-6-15(14)13-18(22)21-10-8-16(9-11-21)20-19(23)17-7-4-12-24-17/h2-3,5-6,16-17H,4,7-13H2,1H3,(H,20,23). The predicted molar refractivity (Wildman–Crippen MR) is 91.6 cm³/mol. The summed E-state index contributed by atoms with van der Waals surface area (Å²) in [7, 11) is 0. The van der Waals surface area contributed by atoms with E-state index in [2.05, 4.69) is 5.32 Å². The Kier molecular flexibility index (Phi) is 5.51. The first-order valence-corrected chi connectivity index (χ1v) is 8.88. The summed E-state index contributed by atoms with van der Waals surface area (Å²) in [4.78, 5) is 26.5. The zero-order valence-electron chi connectivity index (χ0n) is 14.3. The molecule has 1 unspecified atom stereocenters. The first-order chi connectivity index (χ1) is 11.6. The average molecular weight is 330 g/mol. The van der Waals surface area contributed by atoms with Gasteiger partial charge in [0.1, 0.15) is 6.10 Å². The second kappa shape index (κ2) is 7.79. The normalized spacial score (nSPS) is 21.7. The minimum Gasteiger partial charge on any atom is -0.368 e. The number of carbonyl (C=O) groups is 2. The smallest absolute Gasteiger partial charge is 0.249 e. The van der Waals surface area contributed by atoms with Gasteiger partial charge in [0.25, 0.3) is 0 Å². The summed E-state index contributed by atoms with van der Waals surface area (Å²) in [6.45, 7) is 4.14. The number of amides is 2. The molecule has 2 aliphatic heterocycles. The Labute approximate surface area is 143 Å². The molecule has 130 valence electrons. The molecule has 0 aliphatic carbocycles. The SMILES string of the molecule is Cc1ccccc1CC(=O)N1CCC(NC(=O)C2CCCO2)CC1.